The number of amides is 1. The largest absolute Gasteiger partial charge is 0.354 e. The van der Waals surface area contributed by atoms with Crippen LogP contribution in [0.1, 0.15) is 28.9 Å². The highest BCUT2D eigenvalue weighted by molar-refractivity contribution is 7.91. The molecule has 0 radical (unpaired) electrons. The third kappa shape index (κ3) is 5.70. The number of carbonyl (C=O) groups excluding carboxylic acids is 1. The second-order valence-electron chi connectivity index (χ2n) is 8.41. The van der Waals surface area contributed by atoms with Crippen LogP contribution in [-0.4, -0.2) is 35.6 Å². The number of H-pyrrole nitrogens is 1. The van der Waals surface area contributed by atoms with Crippen LogP contribution in [0.4, 0.5) is 5.69 Å². The van der Waals surface area contributed by atoms with Gasteiger partial charge < -0.3 is 9.88 Å². The van der Waals surface area contributed by atoms with E-state index in [1.54, 1.807) is 43.3 Å². The van der Waals surface area contributed by atoms with E-state index in [0.29, 0.717) is 23.7 Å². The molecule has 0 aliphatic heterocycles. The Hall–Kier alpha value is -3.40. The van der Waals surface area contributed by atoms with Gasteiger partial charge in [0.15, 0.2) is 0 Å². The molecule has 2 aromatic heterocycles. The molecule has 4 rings (SSSR count). The van der Waals surface area contributed by atoms with Crippen molar-refractivity contribution >= 4 is 21.6 Å². The van der Waals surface area contributed by atoms with Gasteiger partial charge >= 0.3 is 0 Å². The van der Waals surface area contributed by atoms with E-state index < -0.39 is 15.6 Å². The number of sulfonamides is 1. The lowest BCUT2D eigenvalue weighted by Crippen LogP contribution is -2.37. The van der Waals surface area contributed by atoms with Gasteiger partial charge in [0, 0.05) is 17.9 Å². The van der Waals surface area contributed by atoms with Crippen LogP contribution in [0.5, 0.6) is 0 Å². The number of fused-ring (bicyclic) bond motifs is 1. The average Bonchev–Trinajstić information content (AvgIpc) is 3.25. The van der Waals surface area contributed by atoms with Crippen molar-refractivity contribution in [1.29, 1.82) is 0 Å². The number of rotatable bonds is 8. The number of anilines is 1. The summed E-state index contributed by atoms with van der Waals surface area (Å²) in [6, 6.07) is 11.8. The van der Waals surface area contributed by atoms with Crippen LogP contribution in [0.2, 0.25) is 0 Å². The molecule has 1 atom stereocenters. The number of benzene rings is 1. The quantitative estimate of drug-likeness (QED) is 0.463. The lowest BCUT2D eigenvalue weighted by Gasteiger charge is -2.22. The molecule has 3 N–H and O–H groups in total. The smallest absolute Gasteiger partial charge is 0.275 e. The summed E-state index contributed by atoms with van der Waals surface area (Å²) >= 11 is 0. The molecule has 3 aromatic rings. The third-order valence-corrected chi connectivity index (χ3v) is 7.11. The minimum Gasteiger partial charge on any atom is -0.354 e. The van der Waals surface area contributed by atoms with E-state index in [1.807, 2.05) is 6.20 Å². The summed E-state index contributed by atoms with van der Waals surface area (Å²) in [6.07, 6.45) is 4.53. The molecule has 1 amide bonds. The van der Waals surface area contributed by atoms with Crippen LogP contribution < -0.4 is 15.6 Å². The number of nitrogens with zero attached hydrogens (tertiary/aromatic N) is 2. The molecule has 2 heterocycles. The lowest BCUT2D eigenvalue weighted by atomic mass is 9.88. The Kier molecular flexibility index (Phi) is 6.64. The van der Waals surface area contributed by atoms with Crippen molar-refractivity contribution in [2.45, 2.75) is 38.5 Å². The van der Waals surface area contributed by atoms with Gasteiger partial charge in [0.25, 0.3) is 5.56 Å². The molecule has 0 saturated carbocycles. The maximum absolute atomic E-state index is 12.9. The lowest BCUT2D eigenvalue weighted by molar-refractivity contribution is -0.121. The zero-order valence-electron chi connectivity index (χ0n) is 18.4. The Balaban J connectivity index is 1.39. The van der Waals surface area contributed by atoms with Gasteiger partial charge in [0.2, 0.25) is 15.9 Å². The van der Waals surface area contributed by atoms with E-state index in [2.05, 4.69) is 20.2 Å². The van der Waals surface area contributed by atoms with Gasteiger partial charge in [-0.3, -0.25) is 19.4 Å². The predicted octanol–water partition coefficient (Wildman–Crippen LogP) is 1.74. The van der Waals surface area contributed by atoms with E-state index >= 15 is 0 Å². The van der Waals surface area contributed by atoms with Crippen molar-refractivity contribution in [3.63, 3.8) is 0 Å². The van der Waals surface area contributed by atoms with Crippen LogP contribution in [0, 0.1) is 12.8 Å². The normalized spacial score (nSPS) is 15.6. The minimum atomic E-state index is -3.78. The standard InChI is InChI=1S/C23H27N5O4S/c1-16-7-9-21(27-33(31,32)15-17-5-3-2-4-6-17)23(30)28(16)14-22(29)24-12-18-8-10-20-19(11-18)13-25-26-20/h2-7,9,13,18,27H,8,10-12,14-15H2,1H3,(H,24,29)(H,25,26)/t18-/m1/s1. The Bertz CT molecular complexity index is 1300. The first-order valence-corrected chi connectivity index (χ1v) is 12.5. The first-order valence-electron chi connectivity index (χ1n) is 10.8. The highest BCUT2D eigenvalue weighted by Gasteiger charge is 2.21. The fourth-order valence-corrected chi connectivity index (χ4v) is 5.26. The molecule has 0 bridgehead atoms. The van der Waals surface area contributed by atoms with E-state index in [4.69, 9.17) is 0 Å². The molecule has 0 unspecified atom stereocenters. The summed E-state index contributed by atoms with van der Waals surface area (Å²) in [4.78, 5) is 25.5. The fraction of sp³-hybridized carbons (Fsp3) is 0.348. The first-order chi connectivity index (χ1) is 15.8. The van der Waals surface area contributed by atoms with Crippen LogP contribution >= 0.6 is 0 Å². The Labute approximate surface area is 192 Å². The number of aromatic amines is 1. The van der Waals surface area contributed by atoms with Gasteiger partial charge in [-0.15, -0.1) is 0 Å². The summed E-state index contributed by atoms with van der Waals surface area (Å²) in [5.74, 6) is -0.225. The highest BCUT2D eigenvalue weighted by atomic mass is 32.2. The van der Waals surface area contributed by atoms with Crippen LogP contribution in [-0.2, 0) is 40.0 Å². The number of carbonyl (C=O) groups is 1. The predicted molar refractivity (Wildman–Crippen MR) is 125 cm³/mol. The molecule has 9 nitrogen and oxygen atoms in total. The second-order valence-corrected chi connectivity index (χ2v) is 10.1. The third-order valence-electron chi connectivity index (χ3n) is 5.87. The molecule has 0 saturated heterocycles. The van der Waals surface area contributed by atoms with Crippen molar-refractivity contribution in [1.82, 2.24) is 20.1 Å². The van der Waals surface area contributed by atoms with Gasteiger partial charge in [-0.1, -0.05) is 30.3 Å². The molecule has 0 spiro atoms. The van der Waals surface area contributed by atoms with Gasteiger partial charge in [-0.2, -0.15) is 5.10 Å². The number of aryl methyl sites for hydroxylation is 2. The maximum atomic E-state index is 12.9. The number of pyridine rings is 1. The van der Waals surface area contributed by atoms with Gasteiger partial charge in [-0.25, -0.2) is 8.42 Å². The molecule has 1 aliphatic rings. The number of nitrogens with one attached hydrogen (secondary N) is 3. The minimum absolute atomic E-state index is 0.0795. The van der Waals surface area contributed by atoms with Crippen LogP contribution in [0.25, 0.3) is 0 Å². The van der Waals surface area contributed by atoms with E-state index in [0.717, 1.165) is 25.0 Å². The zero-order chi connectivity index (χ0) is 23.4. The summed E-state index contributed by atoms with van der Waals surface area (Å²) < 4.78 is 28.7. The first kappa shape index (κ1) is 22.8. The zero-order valence-corrected chi connectivity index (χ0v) is 19.2. The Morgan fingerprint density at radius 2 is 2.00 bits per heavy atom. The topological polar surface area (TPSA) is 126 Å². The monoisotopic (exact) mass is 469 g/mol. The summed E-state index contributed by atoms with van der Waals surface area (Å²) in [5, 5.41) is 9.98. The average molecular weight is 470 g/mol. The summed E-state index contributed by atoms with van der Waals surface area (Å²) in [6.45, 7) is 2.04. The van der Waals surface area contributed by atoms with Crippen molar-refractivity contribution < 1.29 is 13.2 Å². The molecular weight excluding hydrogens is 442 g/mol. The molecule has 174 valence electrons. The Morgan fingerprint density at radius 3 is 2.79 bits per heavy atom. The van der Waals surface area contributed by atoms with Gasteiger partial charge in [0.05, 0.1) is 11.9 Å². The van der Waals surface area contributed by atoms with Crippen molar-refractivity contribution in [2.24, 2.45) is 5.92 Å². The molecule has 1 aromatic carbocycles. The number of hydrogen-bond donors (Lipinski definition) is 3. The molecular formula is C23H27N5O4S. The second kappa shape index (κ2) is 9.62. The van der Waals surface area contributed by atoms with E-state index in [-0.39, 0.29) is 23.9 Å². The fourth-order valence-electron chi connectivity index (χ4n) is 4.07. The number of aromatic nitrogens is 3. The maximum Gasteiger partial charge on any atom is 0.275 e. The molecule has 0 fully saturated rings. The molecule has 10 heteroatoms. The van der Waals surface area contributed by atoms with Crippen LogP contribution in [0.15, 0.2) is 53.5 Å². The SMILES string of the molecule is Cc1ccc(NS(=O)(=O)Cc2ccccc2)c(=O)n1CC(=O)NC[C@@H]1CCc2[nH]ncc2C1. The highest BCUT2D eigenvalue weighted by Crippen LogP contribution is 2.23. The van der Waals surface area contributed by atoms with Crippen molar-refractivity contribution in [3.05, 3.63) is 81.5 Å². The van der Waals surface area contributed by atoms with Crippen LogP contribution in [0.3, 0.4) is 0 Å². The van der Waals surface area contributed by atoms with Crippen molar-refractivity contribution in [3.8, 4) is 0 Å². The Morgan fingerprint density at radius 1 is 1.21 bits per heavy atom. The summed E-state index contributed by atoms with van der Waals surface area (Å²) in [5.41, 5.74) is 2.89. The number of hydrogen-bond acceptors (Lipinski definition) is 5. The molecule has 33 heavy (non-hydrogen) atoms. The molecule has 1 aliphatic carbocycles. The van der Waals surface area contributed by atoms with Gasteiger partial charge in [0.1, 0.15) is 12.2 Å². The summed E-state index contributed by atoms with van der Waals surface area (Å²) in [7, 11) is -3.78. The van der Waals surface area contributed by atoms with E-state index in [9.17, 15) is 18.0 Å². The van der Waals surface area contributed by atoms with Crippen molar-refractivity contribution in [2.75, 3.05) is 11.3 Å². The van der Waals surface area contributed by atoms with E-state index in [1.165, 1.54) is 16.2 Å². The van der Waals surface area contributed by atoms with Gasteiger partial charge in [-0.05, 0) is 55.4 Å².